The third kappa shape index (κ3) is 5.09. The summed E-state index contributed by atoms with van der Waals surface area (Å²) in [6, 6.07) is 0. The normalized spacial score (nSPS) is 21.9. The first-order valence-electron chi connectivity index (χ1n) is 6.04. The van der Waals surface area contributed by atoms with Crippen LogP contribution >= 0.6 is 0 Å². The molecule has 106 valence electrons. The van der Waals surface area contributed by atoms with Gasteiger partial charge in [-0.25, -0.2) is 0 Å². The van der Waals surface area contributed by atoms with E-state index in [1.807, 2.05) is 6.08 Å². The highest BCUT2D eigenvalue weighted by atomic mass is 16.5. The lowest BCUT2D eigenvalue weighted by Crippen LogP contribution is -2.40. The van der Waals surface area contributed by atoms with Crippen LogP contribution in [0.5, 0.6) is 0 Å². The van der Waals surface area contributed by atoms with E-state index in [1.54, 1.807) is 6.08 Å². The molecule has 2 amide bonds. The Morgan fingerprint density at radius 3 is 2.47 bits per heavy atom. The second kappa shape index (κ2) is 7.52. The molecule has 2 unspecified atom stereocenters. The molecule has 4 N–H and O–H groups in total. The van der Waals surface area contributed by atoms with Gasteiger partial charge in [0.2, 0.25) is 11.8 Å². The monoisotopic (exact) mass is 270 g/mol. The van der Waals surface area contributed by atoms with Crippen LogP contribution in [0, 0.1) is 11.8 Å². The number of hydrogen-bond acceptors (Lipinski definition) is 4. The lowest BCUT2D eigenvalue weighted by atomic mass is 9.82. The minimum atomic E-state index is -0.963. The van der Waals surface area contributed by atoms with Crippen molar-refractivity contribution in [1.29, 1.82) is 0 Å². The molecule has 0 saturated carbocycles. The number of carboxylic acid groups (broad SMARTS) is 1. The van der Waals surface area contributed by atoms with Crippen molar-refractivity contribution in [1.82, 2.24) is 5.32 Å². The summed E-state index contributed by atoms with van der Waals surface area (Å²) in [5, 5.41) is 11.6. The average Bonchev–Trinajstić information content (AvgIpc) is 2.37. The summed E-state index contributed by atoms with van der Waals surface area (Å²) >= 11 is 0. The van der Waals surface area contributed by atoms with Crippen molar-refractivity contribution in [3.8, 4) is 0 Å². The summed E-state index contributed by atoms with van der Waals surface area (Å²) < 4.78 is 4.89. The van der Waals surface area contributed by atoms with Crippen LogP contribution in [0.1, 0.15) is 12.8 Å². The zero-order valence-electron chi connectivity index (χ0n) is 10.5. The van der Waals surface area contributed by atoms with Crippen molar-refractivity contribution in [3.05, 3.63) is 12.2 Å². The molecule has 0 heterocycles. The van der Waals surface area contributed by atoms with E-state index in [0.717, 1.165) is 0 Å². The van der Waals surface area contributed by atoms with E-state index in [-0.39, 0.29) is 25.7 Å². The molecule has 0 bridgehead atoms. The van der Waals surface area contributed by atoms with Crippen LogP contribution in [0.3, 0.4) is 0 Å². The maximum absolute atomic E-state index is 11.9. The van der Waals surface area contributed by atoms with Crippen LogP contribution in [-0.4, -0.2) is 42.6 Å². The Balaban J connectivity index is 2.33. The number of aliphatic carboxylic acids is 1. The van der Waals surface area contributed by atoms with Crippen molar-refractivity contribution in [2.75, 3.05) is 19.8 Å². The number of nitrogens with one attached hydrogen (secondary N) is 1. The smallest absolute Gasteiger partial charge is 0.307 e. The fourth-order valence-electron chi connectivity index (χ4n) is 1.93. The van der Waals surface area contributed by atoms with Crippen molar-refractivity contribution < 1.29 is 24.2 Å². The molecule has 7 heteroatoms. The second-order valence-electron chi connectivity index (χ2n) is 4.30. The molecule has 0 aromatic rings. The molecule has 0 spiro atoms. The van der Waals surface area contributed by atoms with E-state index in [9.17, 15) is 14.4 Å². The number of nitrogens with two attached hydrogens (primary N) is 1. The number of hydrogen-bond donors (Lipinski definition) is 3. The summed E-state index contributed by atoms with van der Waals surface area (Å²) in [6.45, 7) is 0.188. The standard InChI is InChI=1S/C12H18N2O5/c13-10(15)7-19-6-5-14-11(16)8-3-1-2-4-9(8)12(17)18/h1-2,8-9H,3-7H2,(H2,13,15)(H,14,16)(H,17,18). The Bertz CT molecular complexity index is 380. The topological polar surface area (TPSA) is 119 Å². The Kier molecular flexibility index (Phi) is 6.01. The molecule has 0 aromatic carbocycles. The second-order valence-corrected chi connectivity index (χ2v) is 4.30. The minimum absolute atomic E-state index is 0.162. The number of carbonyl (C=O) groups is 3. The first kappa shape index (κ1) is 15.2. The van der Waals surface area contributed by atoms with Crippen molar-refractivity contribution in [3.63, 3.8) is 0 Å². The van der Waals surface area contributed by atoms with Crippen LogP contribution in [0.25, 0.3) is 0 Å². The largest absolute Gasteiger partial charge is 0.481 e. The molecule has 0 aliphatic heterocycles. The van der Waals surface area contributed by atoms with Crippen LogP contribution in [-0.2, 0) is 19.1 Å². The first-order chi connectivity index (χ1) is 9.02. The van der Waals surface area contributed by atoms with Gasteiger partial charge in [0.05, 0.1) is 18.4 Å². The summed E-state index contributed by atoms with van der Waals surface area (Å²) in [5.41, 5.74) is 4.88. The van der Waals surface area contributed by atoms with Gasteiger partial charge in [0.15, 0.2) is 0 Å². The predicted molar refractivity (Wildman–Crippen MR) is 66.0 cm³/mol. The first-order valence-corrected chi connectivity index (χ1v) is 6.04. The van der Waals surface area contributed by atoms with Crippen LogP contribution in [0.15, 0.2) is 12.2 Å². The van der Waals surface area contributed by atoms with Crippen molar-refractivity contribution in [2.45, 2.75) is 12.8 Å². The summed E-state index contributed by atoms with van der Waals surface area (Å²) in [5.74, 6) is -3.08. The highest BCUT2D eigenvalue weighted by Gasteiger charge is 2.33. The fraction of sp³-hybridized carbons (Fsp3) is 0.583. The van der Waals surface area contributed by atoms with Crippen molar-refractivity contribution >= 4 is 17.8 Å². The van der Waals surface area contributed by atoms with Gasteiger partial charge in [0, 0.05) is 6.54 Å². The lowest BCUT2D eigenvalue weighted by molar-refractivity contribution is -0.147. The molecule has 0 aromatic heterocycles. The van der Waals surface area contributed by atoms with E-state index in [0.29, 0.717) is 12.8 Å². The third-order valence-corrected chi connectivity index (χ3v) is 2.88. The number of allylic oxidation sites excluding steroid dienone is 2. The predicted octanol–water partition coefficient (Wildman–Crippen LogP) is -0.728. The van der Waals surface area contributed by atoms with E-state index in [4.69, 9.17) is 15.6 Å². The minimum Gasteiger partial charge on any atom is -0.481 e. The number of amides is 2. The Morgan fingerprint density at radius 2 is 1.89 bits per heavy atom. The van der Waals surface area contributed by atoms with E-state index in [2.05, 4.69) is 5.32 Å². The SMILES string of the molecule is NC(=O)COCCNC(=O)C1CC=CCC1C(=O)O. The Labute approximate surface area is 110 Å². The highest BCUT2D eigenvalue weighted by molar-refractivity contribution is 5.85. The molecule has 0 saturated heterocycles. The molecule has 1 rings (SSSR count). The van der Waals surface area contributed by atoms with Crippen LogP contribution < -0.4 is 11.1 Å². The summed E-state index contributed by atoms with van der Waals surface area (Å²) in [6.07, 6.45) is 4.38. The highest BCUT2D eigenvalue weighted by Crippen LogP contribution is 2.25. The maximum Gasteiger partial charge on any atom is 0.307 e. The van der Waals surface area contributed by atoms with E-state index >= 15 is 0 Å². The van der Waals surface area contributed by atoms with Gasteiger partial charge < -0.3 is 20.9 Å². The number of ether oxygens (including phenoxy) is 1. The maximum atomic E-state index is 11.9. The number of carboxylic acids is 1. The van der Waals surface area contributed by atoms with Crippen LogP contribution in [0.2, 0.25) is 0 Å². The quantitative estimate of drug-likeness (QED) is 0.416. The Morgan fingerprint density at radius 1 is 1.26 bits per heavy atom. The average molecular weight is 270 g/mol. The third-order valence-electron chi connectivity index (χ3n) is 2.88. The van der Waals surface area contributed by atoms with Gasteiger partial charge in [-0.3, -0.25) is 14.4 Å². The molecule has 0 radical (unpaired) electrons. The number of rotatable bonds is 7. The van der Waals surface area contributed by atoms with E-state index in [1.165, 1.54) is 0 Å². The fourth-order valence-corrected chi connectivity index (χ4v) is 1.93. The lowest BCUT2D eigenvalue weighted by Gasteiger charge is -2.24. The van der Waals surface area contributed by atoms with Gasteiger partial charge in [-0.1, -0.05) is 12.2 Å². The zero-order chi connectivity index (χ0) is 14.3. The van der Waals surface area contributed by atoms with Gasteiger partial charge in [-0.05, 0) is 12.8 Å². The van der Waals surface area contributed by atoms with E-state index < -0.39 is 23.7 Å². The number of carbonyl (C=O) groups excluding carboxylic acids is 2. The van der Waals surface area contributed by atoms with Crippen molar-refractivity contribution in [2.24, 2.45) is 17.6 Å². The molecule has 0 fully saturated rings. The van der Waals surface area contributed by atoms with Gasteiger partial charge in [0.25, 0.3) is 0 Å². The van der Waals surface area contributed by atoms with Gasteiger partial charge in [-0.2, -0.15) is 0 Å². The molecule has 19 heavy (non-hydrogen) atoms. The summed E-state index contributed by atoms with van der Waals surface area (Å²) in [4.78, 5) is 33.3. The van der Waals surface area contributed by atoms with Gasteiger partial charge in [-0.15, -0.1) is 0 Å². The number of primary amides is 1. The molecular weight excluding hydrogens is 252 g/mol. The summed E-state index contributed by atoms with van der Waals surface area (Å²) in [7, 11) is 0. The van der Waals surface area contributed by atoms with Gasteiger partial charge >= 0.3 is 5.97 Å². The van der Waals surface area contributed by atoms with Crippen LogP contribution in [0.4, 0.5) is 0 Å². The molecular formula is C12H18N2O5. The molecule has 1 aliphatic carbocycles. The molecule has 7 nitrogen and oxygen atoms in total. The molecule has 1 aliphatic rings. The van der Waals surface area contributed by atoms with Gasteiger partial charge in [0.1, 0.15) is 6.61 Å². The Hall–Kier alpha value is -1.89. The molecule has 2 atom stereocenters. The zero-order valence-corrected chi connectivity index (χ0v) is 10.5.